The van der Waals surface area contributed by atoms with Gasteiger partial charge in [0.2, 0.25) is 0 Å². The summed E-state index contributed by atoms with van der Waals surface area (Å²) < 4.78 is 6.40. The van der Waals surface area contributed by atoms with E-state index in [0.717, 1.165) is 25.1 Å². The molecule has 0 spiro atoms. The van der Waals surface area contributed by atoms with E-state index >= 15 is 0 Å². The van der Waals surface area contributed by atoms with Crippen molar-refractivity contribution < 1.29 is 4.74 Å². The molecule has 16 heavy (non-hydrogen) atoms. The molecule has 0 aliphatic carbocycles. The number of nitrogens with one attached hydrogen (secondary N) is 1. The van der Waals surface area contributed by atoms with Crippen LogP contribution in [0, 0.1) is 6.92 Å². The topological polar surface area (TPSA) is 56.1 Å². The van der Waals surface area contributed by atoms with Gasteiger partial charge in [-0.2, -0.15) is 5.10 Å². The number of methoxy groups -OCH3 is 1. The van der Waals surface area contributed by atoms with E-state index in [1.807, 2.05) is 6.92 Å². The van der Waals surface area contributed by atoms with Crippen molar-refractivity contribution in [1.29, 1.82) is 0 Å². The Bertz CT molecular complexity index is 362. The van der Waals surface area contributed by atoms with Gasteiger partial charge in [-0.3, -0.25) is 4.79 Å². The van der Waals surface area contributed by atoms with Gasteiger partial charge in [0.05, 0.1) is 12.8 Å². The third-order valence-electron chi connectivity index (χ3n) is 2.21. The molecule has 0 aliphatic heterocycles. The summed E-state index contributed by atoms with van der Waals surface area (Å²) in [6.45, 7) is 4.94. The maximum atomic E-state index is 11.5. The Hall–Kier alpha value is -1.20. The van der Waals surface area contributed by atoms with Gasteiger partial charge in [-0.25, -0.2) is 4.68 Å². The van der Waals surface area contributed by atoms with E-state index < -0.39 is 0 Å². The predicted octanol–water partition coefficient (Wildman–Crippen LogP) is 0.178. The molecular weight excluding hydrogens is 206 g/mol. The van der Waals surface area contributed by atoms with Gasteiger partial charge in [0.15, 0.2) is 0 Å². The third kappa shape index (κ3) is 4.55. The normalized spacial score (nSPS) is 10.6. The van der Waals surface area contributed by atoms with Gasteiger partial charge in [-0.05, 0) is 25.5 Å². The molecule has 1 aromatic heterocycles. The Morgan fingerprint density at radius 2 is 2.31 bits per heavy atom. The maximum absolute atomic E-state index is 11.5. The van der Waals surface area contributed by atoms with Gasteiger partial charge in [0.25, 0.3) is 5.56 Å². The van der Waals surface area contributed by atoms with Crippen LogP contribution in [0.5, 0.6) is 0 Å². The van der Waals surface area contributed by atoms with Gasteiger partial charge in [0, 0.05) is 26.3 Å². The van der Waals surface area contributed by atoms with Gasteiger partial charge in [-0.1, -0.05) is 0 Å². The van der Waals surface area contributed by atoms with Crippen LogP contribution in [0.2, 0.25) is 0 Å². The first-order valence-electron chi connectivity index (χ1n) is 5.47. The van der Waals surface area contributed by atoms with Crippen LogP contribution in [0.15, 0.2) is 17.1 Å². The lowest BCUT2D eigenvalue weighted by Crippen LogP contribution is -2.26. The molecular formula is C11H19N3O2. The maximum Gasteiger partial charge on any atom is 0.266 e. The Balaban J connectivity index is 2.24. The first-order chi connectivity index (χ1) is 7.74. The minimum atomic E-state index is -0.0307. The fourth-order valence-corrected chi connectivity index (χ4v) is 1.35. The summed E-state index contributed by atoms with van der Waals surface area (Å²) in [6.07, 6.45) is 2.60. The number of nitrogens with zero attached hydrogens (tertiary/aromatic N) is 2. The van der Waals surface area contributed by atoms with Gasteiger partial charge < -0.3 is 10.1 Å². The highest BCUT2D eigenvalue weighted by molar-refractivity contribution is 5.02. The van der Waals surface area contributed by atoms with E-state index in [2.05, 4.69) is 10.4 Å². The Kier molecular flexibility index (Phi) is 5.74. The number of rotatable bonds is 7. The molecule has 5 nitrogen and oxygen atoms in total. The predicted molar refractivity (Wildman–Crippen MR) is 62.6 cm³/mol. The summed E-state index contributed by atoms with van der Waals surface area (Å²) in [6, 6.07) is 1.60. The monoisotopic (exact) mass is 225 g/mol. The molecule has 1 rings (SSSR count). The molecule has 0 bridgehead atoms. The quantitative estimate of drug-likeness (QED) is 0.672. The molecule has 0 saturated carbocycles. The summed E-state index contributed by atoms with van der Waals surface area (Å²) in [5.74, 6) is 0. The molecule has 0 saturated heterocycles. The molecule has 0 aromatic carbocycles. The molecule has 0 fully saturated rings. The van der Waals surface area contributed by atoms with E-state index in [4.69, 9.17) is 4.74 Å². The van der Waals surface area contributed by atoms with E-state index in [1.54, 1.807) is 19.4 Å². The smallest absolute Gasteiger partial charge is 0.266 e. The van der Waals surface area contributed by atoms with Crippen LogP contribution >= 0.6 is 0 Å². The first-order valence-corrected chi connectivity index (χ1v) is 5.47. The molecule has 0 radical (unpaired) electrons. The highest BCUT2D eigenvalue weighted by Gasteiger charge is 1.96. The summed E-state index contributed by atoms with van der Waals surface area (Å²) in [4.78, 5) is 11.5. The van der Waals surface area contributed by atoms with Crippen LogP contribution in [0.25, 0.3) is 0 Å². The molecule has 0 amide bonds. The van der Waals surface area contributed by atoms with Crippen LogP contribution in [-0.2, 0) is 11.3 Å². The Labute approximate surface area is 95.4 Å². The second kappa shape index (κ2) is 7.14. The van der Waals surface area contributed by atoms with Crippen molar-refractivity contribution in [3.05, 3.63) is 28.2 Å². The zero-order valence-corrected chi connectivity index (χ0v) is 9.90. The first kappa shape index (κ1) is 12.9. The summed E-state index contributed by atoms with van der Waals surface area (Å²) in [5.41, 5.74) is 0.872. The Morgan fingerprint density at radius 1 is 1.50 bits per heavy atom. The summed E-state index contributed by atoms with van der Waals surface area (Å²) in [5, 5.41) is 7.28. The lowest BCUT2D eigenvalue weighted by atomic mass is 10.3. The van der Waals surface area contributed by atoms with E-state index in [-0.39, 0.29) is 5.56 Å². The summed E-state index contributed by atoms with van der Waals surface area (Å²) in [7, 11) is 1.68. The molecule has 1 heterocycles. The number of aromatic nitrogens is 2. The van der Waals surface area contributed by atoms with Crippen molar-refractivity contribution in [3.8, 4) is 0 Å². The molecule has 1 N–H and O–H groups in total. The molecule has 5 heteroatoms. The molecule has 90 valence electrons. The Morgan fingerprint density at radius 3 is 3.00 bits per heavy atom. The second-order valence-corrected chi connectivity index (χ2v) is 3.69. The van der Waals surface area contributed by atoms with E-state index in [9.17, 15) is 4.79 Å². The van der Waals surface area contributed by atoms with Gasteiger partial charge >= 0.3 is 0 Å². The van der Waals surface area contributed by atoms with Crippen LogP contribution in [0.1, 0.15) is 12.0 Å². The zero-order chi connectivity index (χ0) is 11.8. The standard InChI is InChI=1S/C11H19N3O2/c1-10-8-11(15)14(13-9-10)6-3-4-12-5-7-16-2/h8-9,12H,3-7H2,1-2H3. The number of aryl methyl sites for hydroxylation is 2. The lowest BCUT2D eigenvalue weighted by Gasteiger charge is -2.05. The minimum absolute atomic E-state index is 0.0307. The zero-order valence-electron chi connectivity index (χ0n) is 9.90. The molecule has 0 atom stereocenters. The van der Waals surface area contributed by atoms with Gasteiger partial charge in [-0.15, -0.1) is 0 Å². The van der Waals surface area contributed by atoms with Crippen molar-refractivity contribution in [2.75, 3.05) is 26.8 Å². The average Bonchev–Trinajstić information content (AvgIpc) is 2.26. The minimum Gasteiger partial charge on any atom is -0.383 e. The number of hydrogen-bond acceptors (Lipinski definition) is 4. The van der Waals surface area contributed by atoms with Crippen molar-refractivity contribution >= 4 is 0 Å². The van der Waals surface area contributed by atoms with E-state index in [0.29, 0.717) is 13.2 Å². The van der Waals surface area contributed by atoms with Crippen molar-refractivity contribution in [3.63, 3.8) is 0 Å². The average molecular weight is 225 g/mol. The molecule has 1 aromatic rings. The molecule has 0 aliphatic rings. The van der Waals surface area contributed by atoms with Crippen LogP contribution in [-0.4, -0.2) is 36.6 Å². The van der Waals surface area contributed by atoms with Gasteiger partial charge in [0.1, 0.15) is 0 Å². The fourth-order valence-electron chi connectivity index (χ4n) is 1.35. The molecule has 0 unspecified atom stereocenters. The number of ether oxygens (including phenoxy) is 1. The van der Waals surface area contributed by atoms with E-state index in [1.165, 1.54) is 4.68 Å². The second-order valence-electron chi connectivity index (χ2n) is 3.69. The fraction of sp³-hybridized carbons (Fsp3) is 0.636. The van der Waals surface area contributed by atoms with Crippen LogP contribution < -0.4 is 10.9 Å². The SMILES string of the molecule is COCCNCCCn1ncc(C)cc1=O. The third-order valence-corrected chi connectivity index (χ3v) is 2.21. The largest absolute Gasteiger partial charge is 0.383 e. The van der Waals surface area contributed by atoms with Crippen molar-refractivity contribution in [1.82, 2.24) is 15.1 Å². The van der Waals surface area contributed by atoms with Crippen LogP contribution in [0.4, 0.5) is 0 Å². The van der Waals surface area contributed by atoms with Crippen molar-refractivity contribution in [2.24, 2.45) is 0 Å². The van der Waals surface area contributed by atoms with Crippen LogP contribution in [0.3, 0.4) is 0 Å². The lowest BCUT2D eigenvalue weighted by molar-refractivity contribution is 0.199. The highest BCUT2D eigenvalue weighted by atomic mass is 16.5. The van der Waals surface area contributed by atoms with Crippen molar-refractivity contribution in [2.45, 2.75) is 19.9 Å². The number of hydrogen-bond donors (Lipinski definition) is 1. The highest BCUT2D eigenvalue weighted by Crippen LogP contribution is 1.88. The summed E-state index contributed by atoms with van der Waals surface area (Å²) >= 11 is 0.